The first-order valence-electron chi connectivity index (χ1n) is 7.82. The van der Waals surface area contributed by atoms with Crippen molar-refractivity contribution in [3.63, 3.8) is 0 Å². The van der Waals surface area contributed by atoms with Crippen LogP contribution in [0, 0.1) is 11.8 Å². The van der Waals surface area contributed by atoms with E-state index in [1.807, 2.05) is 45.0 Å². The molecule has 1 fully saturated rings. The van der Waals surface area contributed by atoms with Gasteiger partial charge in [-0.25, -0.2) is 4.79 Å². The summed E-state index contributed by atoms with van der Waals surface area (Å²) in [5.41, 5.74) is 0.256. The maximum absolute atomic E-state index is 12.1. The molecule has 2 amide bonds. The summed E-state index contributed by atoms with van der Waals surface area (Å²) in [6, 6.07) is 7.31. The fourth-order valence-electron chi connectivity index (χ4n) is 2.17. The number of rotatable bonds is 0. The van der Waals surface area contributed by atoms with Crippen molar-refractivity contribution in [3.8, 4) is 11.8 Å². The highest BCUT2D eigenvalue weighted by Crippen LogP contribution is 2.12. The molecule has 1 aromatic rings. The second-order valence-electron chi connectivity index (χ2n) is 6.56. The summed E-state index contributed by atoms with van der Waals surface area (Å²) in [4.78, 5) is 28.3. The maximum Gasteiger partial charge on any atom is 0.410 e. The number of benzene rings is 1. The fraction of sp³-hybridized carbons (Fsp3) is 0.444. The molecule has 0 N–H and O–H groups in total. The number of nitrogens with zero attached hydrogens (tertiary/aromatic N) is 2. The average Bonchev–Trinajstić information content (AvgIpc) is 2.52. The quantitative estimate of drug-likeness (QED) is 0.580. The van der Waals surface area contributed by atoms with Crippen molar-refractivity contribution >= 4 is 24.6 Å². The van der Waals surface area contributed by atoms with Crippen LogP contribution in [-0.2, 0) is 9.53 Å². The van der Waals surface area contributed by atoms with Crippen molar-refractivity contribution in [2.24, 2.45) is 0 Å². The van der Waals surface area contributed by atoms with Crippen LogP contribution in [0.15, 0.2) is 29.2 Å². The van der Waals surface area contributed by atoms with Crippen molar-refractivity contribution in [1.29, 1.82) is 0 Å². The zero-order valence-corrected chi connectivity index (χ0v) is 15.1. The molecule has 0 atom stereocenters. The van der Waals surface area contributed by atoms with Crippen molar-refractivity contribution in [1.82, 2.24) is 9.80 Å². The van der Waals surface area contributed by atoms with E-state index < -0.39 is 5.60 Å². The molecule has 24 heavy (non-hydrogen) atoms. The standard InChI is InChI=1S/C18H22N2O3S/c1-18(2,3)23-17(22)20-12-10-19(11-13-20)16(21)9-6-14-4-7-15(24)8-5-14/h4-5,7-8,24H,10-13H2,1-3H3. The summed E-state index contributed by atoms with van der Waals surface area (Å²) in [5, 5.41) is 0. The van der Waals surface area contributed by atoms with Crippen LogP contribution in [0.1, 0.15) is 26.3 Å². The van der Waals surface area contributed by atoms with Gasteiger partial charge in [-0.3, -0.25) is 4.79 Å². The van der Waals surface area contributed by atoms with Crippen LogP contribution in [0.25, 0.3) is 0 Å². The number of ether oxygens (including phenoxy) is 1. The van der Waals surface area contributed by atoms with Crippen LogP contribution in [0.4, 0.5) is 4.79 Å². The van der Waals surface area contributed by atoms with Gasteiger partial charge in [0.1, 0.15) is 5.60 Å². The molecule has 0 unspecified atom stereocenters. The van der Waals surface area contributed by atoms with Gasteiger partial charge in [0, 0.05) is 42.6 Å². The molecule has 1 saturated heterocycles. The van der Waals surface area contributed by atoms with E-state index in [1.165, 1.54) is 0 Å². The summed E-state index contributed by atoms with van der Waals surface area (Å²) in [7, 11) is 0. The van der Waals surface area contributed by atoms with E-state index in [9.17, 15) is 9.59 Å². The zero-order chi connectivity index (χ0) is 17.7. The SMILES string of the molecule is CC(C)(C)OC(=O)N1CCN(C(=O)C#Cc2ccc(S)cc2)CC1. The Morgan fingerprint density at radius 3 is 2.12 bits per heavy atom. The fourth-order valence-corrected chi connectivity index (χ4v) is 2.32. The van der Waals surface area contributed by atoms with Gasteiger partial charge < -0.3 is 14.5 Å². The minimum atomic E-state index is -0.516. The molecule has 2 rings (SSSR count). The van der Waals surface area contributed by atoms with Crippen molar-refractivity contribution in [2.75, 3.05) is 26.2 Å². The molecule has 0 spiro atoms. The molecule has 1 aromatic carbocycles. The van der Waals surface area contributed by atoms with E-state index in [4.69, 9.17) is 4.74 Å². The lowest BCUT2D eigenvalue weighted by molar-refractivity contribution is -0.126. The molecule has 0 aromatic heterocycles. The Bertz CT molecular complexity index is 660. The highest BCUT2D eigenvalue weighted by molar-refractivity contribution is 7.80. The highest BCUT2D eigenvalue weighted by atomic mass is 32.1. The molecule has 0 radical (unpaired) electrons. The normalized spacial score (nSPS) is 14.7. The molecule has 0 saturated carbocycles. The van der Waals surface area contributed by atoms with E-state index in [-0.39, 0.29) is 12.0 Å². The summed E-state index contributed by atoms with van der Waals surface area (Å²) >= 11 is 4.21. The Balaban J connectivity index is 1.87. The largest absolute Gasteiger partial charge is 0.444 e. The van der Waals surface area contributed by atoms with Crippen LogP contribution in [0.5, 0.6) is 0 Å². The summed E-state index contributed by atoms with van der Waals surface area (Å²) in [6.07, 6.45) is -0.340. The lowest BCUT2D eigenvalue weighted by Gasteiger charge is -2.34. The highest BCUT2D eigenvalue weighted by Gasteiger charge is 2.27. The Morgan fingerprint density at radius 2 is 1.58 bits per heavy atom. The minimum Gasteiger partial charge on any atom is -0.444 e. The molecule has 6 heteroatoms. The maximum atomic E-state index is 12.1. The predicted molar refractivity (Wildman–Crippen MR) is 95.0 cm³/mol. The second-order valence-corrected chi connectivity index (χ2v) is 7.07. The smallest absolute Gasteiger partial charge is 0.410 e. The van der Waals surface area contributed by atoms with Crippen molar-refractivity contribution in [3.05, 3.63) is 29.8 Å². The van der Waals surface area contributed by atoms with Crippen LogP contribution in [-0.4, -0.2) is 53.6 Å². The van der Waals surface area contributed by atoms with Crippen LogP contribution in [0.3, 0.4) is 0 Å². The van der Waals surface area contributed by atoms with Crippen LogP contribution < -0.4 is 0 Å². The molecule has 1 aliphatic rings. The summed E-state index contributed by atoms with van der Waals surface area (Å²) in [6.45, 7) is 7.33. The summed E-state index contributed by atoms with van der Waals surface area (Å²) < 4.78 is 5.34. The lowest BCUT2D eigenvalue weighted by atomic mass is 10.2. The van der Waals surface area contributed by atoms with Gasteiger partial charge in [-0.2, -0.15) is 0 Å². The number of amides is 2. The molecule has 128 valence electrons. The number of piperazine rings is 1. The van der Waals surface area contributed by atoms with E-state index in [0.29, 0.717) is 26.2 Å². The molecule has 1 aliphatic heterocycles. The zero-order valence-electron chi connectivity index (χ0n) is 14.2. The first-order chi connectivity index (χ1) is 11.2. The average molecular weight is 346 g/mol. The number of carbonyl (C=O) groups excluding carboxylic acids is 2. The molecular weight excluding hydrogens is 324 g/mol. The van der Waals surface area contributed by atoms with Gasteiger partial charge in [0.05, 0.1) is 0 Å². The van der Waals surface area contributed by atoms with Gasteiger partial charge >= 0.3 is 6.09 Å². The van der Waals surface area contributed by atoms with Crippen LogP contribution >= 0.6 is 12.6 Å². The van der Waals surface area contributed by atoms with Gasteiger partial charge in [0.25, 0.3) is 5.91 Å². The first kappa shape index (κ1) is 18.2. The Hall–Kier alpha value is -2.13. The van der Waals surface area contributed by atoms with Gasteiger partial charge in [-0.05, 0) is 45.0 Å². The van der Waals surface area contributed by atoms with Gasteiger partial charge in [0.15, 0.2) is 0 Å². The number of hydrogen-bond acceptors (Lipinski definition) is 4. The molecule has 0 aliphatic carbocycles. The first-order valence-corrected chi connectivity index (χ1v) is 8.27. The predicted octanol–water partition coefficient (Wildman–Crippen LogP) is 2.41. The molecular formula is C18H22N2O3S. The van der Waals surface area contributed by atoms with Gasteiger partial charge in [-0.15, -0.1) is 12.6 Å². The topological polar surface area (TPSA) is 49.9 Å². The third-order valence-corrected chi connectivity index (χ3v) is 3.70. The van der Waals surface area contributed by atoms with Gasteiger partial charge in [0.2, 0.25) is 0 Å². The molecule has 0 bridgehead atoms. The number of thiol groups is 1. The van der Waals surface area contributed by atoms with Crippen molar-refractivity contribution < 1.29 is 14.3 Å². The molecule has 5 nitrogen and oxygen atoms in total. The van der Waals surface area contributed by atoms with E-state index in [2.05, 4.69) is 24.5 Å². The van der Waals surface area contributed by atoms with E-state index in [1.54, 1.807) is 9.80 Å². The Morgan fingerprint density at radius 1 is 1.04 bits per heavy atom. The number of carbonyl (C=O) groups is 2. The van der Waals surface area contributed by atoms with Gasteiger partial charge in [-0.1, -0.05) is 5.92 Å². The third kappa shape index (κ3) is 5.50. The van der Waals surface area contributed by atoms with E-state index >= 15 is 0 Å². The minimum absolute atomic E-state index is 0.228. The number of hydrogen-bond donors (Lipinski definition) is 1. The van der Waals surface area contributed by atoms with Crippen LogP contribution in [0.2, 0.25) is 0 Å². The second kappa shape index (κ2) is 7.63. The van der Waals surface area contributed by atoms with Crippen molar-refractivity contribution in [2.45, 2.75) is 31.3 Å². The third-order valence-electron chi connectivity index (χ3n) is 3.40. The molecule has 1 heterocycles. The van der Waals surface area contributed by atoms with E-state index in [0.717, 1.165) is 10.5 Å². The Kier molecular flexibility index (Phi) is 5.79. The summed E-state index contributed by atoms with van der Waals surface area (Å²) in [5.74, 6) is 5.27. The lowest BCUT2D eigenvalue weighted by Crippen LogP contribution is -2.51. The monoisotopic (exact) mass is 346 g/mol. The Labute approximate surface area is 148 Å².